The Balaban J connectivity index is 2.56. The van der Waals surface area contributed by atoms with Crippen molar-refractivity contribution >= 4 is 5.91 Å². The van der Waals surface area contributed by atoms with E-state index in [2.05, 4.69) is 19.2 Å². The molecule has 1 rings (SSSR count). The van der Waals surface area contributed by atoms with Crippen LogP contribution in [-0.2, 0) is 9.53 Å². The Labute approximate surface area is 92.0 Å². The molecule has 1 N–H and O–H groups in total. The van der Waals surface area contributed by atoms with Gasteiger partial charge in [0.2, 0.25) is 5.91 Å². The van der Waals surface area contributed by atoms with Crippen LogP contribution in [0.4, 0.5) is 0 Å². The van der Waals surface area contributed by atoms with Crippen molar-refractivity contribution in [2.24, 2.45) is 5.92 Å². The van der Waals surface area contributed by atoms with Crippen molar-refractivity contribution in [3.8, 4) is 0 Å². The van der Waals surface area contributed by atoms with Crippen LogP contribution in [0, 0.1) is 5.92 Å². The van der Waals surface area contributed by atoms with Gasteiger partial charge in [-0.05, 0) is 19.3 Å². The summed E-state index contributed by atoms with van der Waals surface area (Å²) in [5.41, 5.74) is 0. The van der Waals surface area contributed by atoms with Crippen molar-refractivity contribution < 1.29 is 9.53 Å². The lowest BCUT2D eigenvalue weighted by molar-refractivity contribution is -0.130. The summed E-state index contributed by atoms with van der Waals surface area (Å²) in [5.74, 6) is 0.781. The monoisotopic (exact) mass is 214 g/mol. The van der Waals surface area contributed by atoms with E-state index >= 15 is 0 Å². The maximum atomic E-state index is 11.8. The van der Waals surface area contributed by atoms with E-state index < -0.39 is 0 Å². The molecule has 1 heterocycles. The SMILES string of the molecule is COCCN1C(=O)C(C)NC1CC(C)C. The fourth-order valence-electron chi connectivity index (χ4n) is 1.95. The molecule has 1 fully saturated rings. The topological polar surface area (TPSA) is 41.6 Å². The maximum Gasteiger partial charge on any atom is 0.240 e. The third kappa shape index (κ3) is 3.18. The Kier molecular flexibility index (Phi) is 4.54. The Morgan fingerprint density at radius 2 is 2.20 bits per heavy atom. The van der Waals surface area contributed by atoms with Gasteiger partial charge < -0.3 is 9.64 Å². The number of ether oxygens (including phenoxy) is 1. The molecule has 1 aliphatic rings. The highest BCUT2D eigenvalue weighted by atomic mass is 16.5. The summed E-state index contributed by atoms with van der Waals surface area (Å²) in [7, 11) is 1.66. The van der Waals surface area contributed by atoms with Crippen molar-refractivity contribution in [1.82, 2.24) is 10.2 Å². The highest BCUT2D eigenvalue weighted by Gasteiger charge is 2.35. The van der Waals surface area contributed by atoms with Gasteiger partial charge in [-0.15, -0.1) is 0 Å². The molecular weight excluding hydrogens is 192 g/mol. The molecule has 4 nitrogen and oxygen atoms in total. The van der Waals surface area contributed by atoms with Gasteiger partial charge in [0, 0.05) is 13.7 Å². The number of amides is 1. The van der Waals surface area contributed by atoms with Crippen LogP contribution in [0.5, 0.6) is 0 Å². The van der Waals surface area contributed by atoms with Crippen molar-refractivity contribution in [1.29, 1.82) is 0 Å². The summed E-state index contributed by atoms with van der Waals surface area (Å²) >= 11 is 0. The van der Waals surface area contributed by atoms with Crippen LogP contribution in [0.25, 0.3) is 0 Å². The van der Waals surface area contributed by atoms with Gasteiger partial charge in [-0.3, -0.25) is 10.1 Å². The Morgan fingerprint density at radius 3 is 2.73 bits per heavy atom. The second kappa shape index (κ2) is 5.47. The third-order valence-electron chi connectivity index (χ3n) is 2.70. The van der Waals surface area contributed by atoms with Crippen LogP contribution in [0.1, 0.15) is 27.2 Å². The summed E-state index contributed by atoms with van der Waals surface area (Å²) in [4.78, 5) is 13.7. The molecule has 0 saturated carbocycles. The van der Waals surface area contributed by atoms with Crippen LogP contribution < -0.4 is 5.32 Å². The van der Waals surface area contributed by atoms with E-state index in [1.807, 2.05) is 11.8 Å². The quantitative estimate of drug-likeness (QED) is 0.737. The van der Waals surface area contributed by atoms with Crippen LogP contribution >= 0.6 is 0 Å². The second-order valence-electron chi connectivity index (χ2n) is 4.56. The molecular formula is C11H22N2O2. The minimum absolute atomic E-state index is 0.0504. The molecule has 88 valence electrons. The summed E-state index contributed by atoms with van der Waals surface area (Å²) in [6.45, 7) is 7.55. The maximum absolute atomic E-state index is 11.8. The first kappa shape index (κ1) is 12.5. The van der Waals surface area contributed by atoms with Crippen molar-refractivity contribution in [3.05, 3.63) is 0 Å². The number of carbonyl (C=O) groups excluding carboxylic acids is 1. The molecule has 4 heteroatoms. The number of rotatable bonds is 5. The molecule has 0 radical (unpaired) electrons. The van der Waals surface area contributed by atoms with Gasteiger partial charge in [0.05, 0.1) is 18.8 Å². The molecule has 1 saturated heterocycles. The second-order valence-corrected chi connectivity index (χ2v) is 4.56. The summed E-state index contributed by atoms with van der Waals surface area (Å²) in [5, 5.41) is 3.31. The van der Waals surface area contributed by atoms with E-state index in [0.717, 1.165) is 6.42 Å². The molecule has 1 aliphatic heterocycles. The van der Waals surface area contributed by atoms with Gasteiger partial charge in [-0.25, -0.2) is 0 Å². The van der Waals surface area contributed by atoms with Gasteiger partial charge >= 0.3 is 0 Å². The molecule has 15 heavy (non-hydrogen) atoms. The third-order valence-corrected chi connectivity index (χ3v) is 2.70. The van der Waals surface area contributed by atoms with E-state index in [9.17, 15) is 4.79 Å². The molecule has 0 spiro atoms. The molecule has 1 amide bonds. The first-order valence-electron chi connectivity index (χ1n) is 5.61. The molecule has 0 aromatic carbocycles. The number of nitrogens with one attached hydrogen (secondary N) is 1. The predicted octanol–water partition coefficient (Wildman–Crippen LogP) is 0.825. The number of hydrogen-bond donors (Lipinski definition) is 1. The normalized spacial score (nSPS) is 26.7. The highest BCUT2D eigenvalue weighted by molar-refractivity contribution is 5.83. The average Bonchev–Trinajstić information content (AvgIpc) is 2.40. The predicted molar refractivity (Wildman–Crippen MR) is 59.4 cm³/mol. The zero-order valence-electron chi connectivity index (χ0n) is 10.1. The van der Waals surface area contributed by atoms with Gasteiger partial charge in [0.1, 0.15) is 0 Å². The van der Waals surface area contributed by atoms with Gasteiger partial charge in [-0.1, -0.05) is 13.8 Å². The van der Waals surface area contributed by atoms with Crippen LogP contribution in [0.2, 0.25) is 0 Å². The smallest absolute Gasteiger partial charge is 0.240 e. The zero-order valence-corrected chi connectivity index (χ0v) is 10.1. The minimum Gasteiger partial charge on any atom is -0.383 e. The Morgan fingerprint density at radius 1 is 1.53 bits per heavy atom. The largest absolute Gasteiger partial charge is 0.383 e. The van der Waals surface area contributed by atoms with Crippen molar-refractivity contribution in [3.63, 3.8) is 0 Å². The number of carbonyl (C=O) groups is 1. The van der Waals surface area contributed by atoms with E-state index in [1.54, 1.807) is 7.11 Å². The van der Waals surface area contributed by atoms with E-state index in [-0.39, 0.29) is 18.1 Å². The van der Waals surface area contributed by atoms with Gasteiger partial charge in [0.15, 0.2) is 0 Å². The average molecular weight is 214 g/mol. The number of nitrogens with zero attached hydrogens (tertiary/aromatic N) is 1. The van der Waals surface area contributed by atoms with Crippen LogP contribution in [-0.4, -0.2) is 43.3 Å². The fraction of sp³-hybridized carbons (Fsp3) is 0.909. The summed E-state index contributed by atoms with van der Waals surface area (Å²) in [6, 6.07) is -0.0504. The zero-order chi connectivity index (χ0) is 11.4. The molecule has 0 aliphatic carbocycles. The Hall–Kier alpha value is -0.610. The van der Waals surface area contributed by atoms with Crippen molar-refractivity contribution in [2.45, 2.75) is 39.4 Å². The van der Waals surface area contributed by atoms with Crippen molar-refractivity contribution in [2.75, 3.05) is 20.3 Å². The van der Waals surface area contributed by atoms with Crippen LogP contribution in [0.3, 0.4) is 0 Å². The standard InChI is InChI=1S/C11H22N2O2/c1-8(2)7-10-12-9(3)11(14)13(10)5-6-15-4/h8-10,12H,5-7H2,1-4H3. The lowest BCUT2D eigenvalue weighted by Crippen LogP contribution is -2.40. The lowest BCUT2D eigenvalue weighted by Gasteiger charge is -2.25. The van der Waals surface area contributed by atoms with Gasteiger partial charge in [0.25, 0.3) is 0 Å². The lowest BCUT2D eigenvalue weighted by atomic mass is 10.1. The Bertz CT molecular complexity index is 219. The molecule has 0 aromatic heterocycles. The van der Waals surface area contributed by atoms with E-state index in [1.165, 1.54) is 0 Å². The van der Waals surface area contributed by atoms with Crippen LogP contribution in [0.15, 0.2) is 0 Å². The molecule has 0 bridgehead atoms. The van der Waals surface area contributed by atoms with E-state index in [0.29, 0.717) is 19.1 Å². The molecule has 2 unspecified atom stereocenters. The first-order valence-corrected chi connectivity index (χ1v) is 5.61. The molecule has 0 aromatic rings. The fourth-order valence-corrected chi connectivity index (χ4v) is 1.95. The number of hydrogen-bond acceptors (Lipinski definition) is 3. The summed E-state index contributed by atoms with van der Waals surface area (Å²) < 4.78 is 5.02. The number of methoxy groups -OCH3 is 1. The summed E-state index contributed by atoms with van der Waals surface area (Å²) in [6.07, 6.45) is 1.18. The first-order chi connectivity index (χ1) is 7.06. The minimum atomic E-state index is -0.0504. The van der Waals surface area contributed by atoms with E-state index in [4.69, 9.17) is 4.74 Å². The van der Waals surface area contributed by atoms with Gasteiger partial charge in [-0.2, -0.15) is 0 Å². The highest BCUT2D eigenvalue weighted by Crippen LogP contribution is 2.16. The molecule has 2 atom stereocenters.